The first-order chi connectivity index (χ1) is 12.3. The Kier molecular flexibility index (Phi) is 7.06. The van der Waals surface area contributed by atoms with Gasteiger partial charge in [-0.05, 0) is 18.2 Å². The second-order valence-corrected chi connectivity index (χ2v) is 5.82. The molecule has 1 unspecified atom stereocenters. The van der Waals surface area contributed by atoms with Crippen LogP contribution in [0, 0.1) is 11.6 Å². The highest BCUT2D eigenvalue weighted by molar-refractivity contribution is 6.36. The predicted octanol–water partition coefficient (Wildman–Crippen LogP) is 2.42. The summed E-state index contributed by atoms with van der Waals surface area (Å²) in [5.41, 5.74) is 1.11. The zero-order chi connectivity index (χ0) is 19.3. The molecule has 1 aromatic carbocycles. The van der Waals surface area contributed by atoms with Gasteiger partial charge in [0.1, 0.15) is 18.5 Å². The fourth-order valence-corrected chi connectivity index (χ4v) is 2.23. The van der Waals surface area contributed by atoms with Crippen molar-refractivity contribution in [2.75, 3.05) is 18.5 Å². The van der Waals surface area contributed by atoms with Crippen molar-refractivity contribution in [3.63, 3.8) is 0 Å². The van der Waals surface area contributed by atoms with Gasteiger partial charge in [0.2, 0.25) is 0 Å². The summed E-state index contributed by atoms with van der Waals surface area (Å²) >= 11 is 11.7. The highest BCUT2D eigenvalue weighted by Crippen LogP contribution is 2.30. The number of carbonyl (C=O) groups excluding carboxylic acids is 1. The minimum Gasteiger partial charge on any atom is -0.394 e. The van der Waals surface area contributed by atoms with E-state index in [-0.39, 0.29) is 21.4 Å². The minimum absolute atomic E-state index is 0.0230. The standard InChI is InChI=1S/C15H13Cl2F2N3O4/c16-7-3-10(17)14(20-4-7)21-13-9(1-2-11(18)12(13)19)15(25)22-26-6-8(24)5-23/h1-4,8,23-24H,5-6H2,(H,20,21)(H,22,25). The molecular weight excluding hydrogens is 395 g/mol. The molecule has 2 aromatic rings. The number of pyridine rings is 1. The summed E-state index contributed by atoms with van der Waals surface area (Å²) in [7, 11) is 0. The summed E-state index contributed by atoms with van der Waals surface area (Å²) in [6.07, 6.45) is 0.0152. The van der Waals surface area contributed by atoms with E-state index >= 15 is 0 Å². The zero-order valence-corrected chi connectivity index (χ0v) is 14.5. The monoisotopic (exact) mass is 407 g/mol. The van der Waals surface area contributed by atoms with Gasteiger partial charge in [0, 0.05) is 6.20 Å². The third-order valence-corrected chi connectivity index (χ3v) is 3.54. The molecular formula is C15H13Cl2F2N3O4. The van der Waals surface area contributed by atoms with Gasteiger partial charge in [-0.1, -0.05) is 23.2 Å². The molecule has 0 radical (unpaired) electrons. The van der Waals surface area contributed by atoms with E-state index in [9.17, 15) is 13.6 Å². The van der Waals surface area contributed by atoms with Crippen LogP contribution in [0.15, 0.2) is 24.4 Å². The Hall–Kier alpha value is -2.04. The molecule has 11 heteroatoms. The number of hydrogen-bond donors (Lipinski definition) is 4. The second-order valence-electron chi connectivity index (χ2n) is 4.97. The molecule has 2 rings (SSSR count). The number of halogens is 4. The normalized spacial score (nSPS) is 11.9. The van der Waals surface area contributed by atoms with E-state index in [1.807, 2.05) is 5.48 Å². The van der Waals surface area contributed by atoms with E-state index < -0.39 is 42.5 Å². The number of benzene rings is 1. The summed E-state index contributed by atoms with van der Waals surface area (Å²) in [6.45, 7) is -0.978. The largest absolute Gasteiger partial charge is 0.394 e. The number of amides is 1. The number of carbonyl (C=O) groups is 1. The highest BCUT2D eigenvalue weighted by Gasteiger charge is 2.20. The number of hydroxylamine groups is 1. The molecule has 7 nitrogen and oxygen atoms in total. The number of nitrogens with one attached hydrogen (secondary N) is 2. The summed E-state index contributed by atoms with van der Waals surface area (Å²) in [5.74, 6) is -3.51. The van der Waals surface area contributed by atoms with E-state index in [4.69, 9.17) is 38.3 Å². The number of hydrogen-bond acceptors (Lipinski definition) is 6. The van der Waals surface area contributed by atoms with Crippen molar-refractivity contribution < 1.29 is 28.6 Å². The number of aliphatic hydroxyl groups is 2. The summed E-state index contributed by atoms with van der Waals surface area (Å²) in [5, 5.41) is 20.5. The molecule has 1 aromatic heterocycles. The van der Waals surface area contributed by atoms with Crippen molar-refractivity contribution >= 4 is 40.6 Å². The molecule has 0 aliphatic heterocycles. The highest BCUT2D eigenvalue weighted by atomic mass is 35.5. The number of aromatic nitrogens is 1. The smallest absolute Gasteiger partial charge is 0.277 e. The molecule has 0 saturated heterocycles. The summed E-state index contributed by atoms with van der Waals surface area (Å²) in [4.78, 5) is 20.7. The average Bonchev–Trinajstić information content (AvgIpc) is 2.60. The summed E-state index contributed by atoms with van der Waals surface area (Å²) in [6, 6.07) is 3.11. The van der Waals surface area contributed by atoms with Crippen LogP contribution in [0.5, 0.6) is 0 Å². The maximum atomic E-state index is 14.2. The fourth-order valence-electron chi connectivity index (χ4n) is 1.80. The number of aliphatic hydroxyl groups excluding tert-OH is 2. The van der Waals surface area contributed by atoms with Gasteiger partial charge in [0.25, 0.3) is 5.91 Å². The minimum atomic E-state index is -1.33. The molecule has 1 atom stereocenters. The van der Waals surface area contributed by atoms with Gasteiger partial charge in [-0.15, -0.1) is 0 Å². The molecule has 1 amide bonds. The van der Waals surface area contributed by atoms with Gasteiger partial charge >= 0.3 is 0 Å². The van der Waals surface area contributed by atoms with Crippen LogP contribution >= 0.6 is 23.2 Å². The molecule has 4 N–H and O–H groups in total. The van der Waals surface area contributed by atoms with Crippen molar-refractivity contribution in [2.24, 2.45) is 0 Å². The van der Waals surface area contributed by atoms with Crippen molar-refractivity contribution in [1.29, 1.82) is 0 Å². The third kappa shape index (κ3) is 4.99. The molecule has 0 aliphatic rings. The molecule has 140 valence electrons. The third-order valence-electron chi connectivity index (χ3n) is 3.04. The molecule has 0 fully saturated rings. The van der Waals surface area contributed by atoms with Gasteiger partial charge in [0.05, 0.1) is 27.9 Å². The van der Waals surface area contributed by atoms with Crippen LogP contribution in [0.4, 0.5) is 20.3 Å². The molecule has 26 heavy (non-hydrogen) atoms. The first kappa shape index (κ1) is 20.3. The van der Waals surface area contributed by atoms with E-state index in [1.165, 1.54) is 12.3 Å². The van der Waals surface area contributed by atoms with Gasteiger partial charge in [-0.3, -0.25) is 9.63 Å². The topological polar surface area (TPSA) is 104 Å². The Morgan fingerprint density at radius 3 is 2.73 bits per heavy atom. The van der Waals surface area contributed by atoms with Gasteiger partial charge in [-0.25, -0.2) is 19.2 Å². The van der Waals surface area contributed by atoms with Crippen molar-refractivity contribution in [2.45, 2.75) is 6.10 Å². The van der Waals surface area contributed by atoms with Crippen molar-refractivity contribution in [3.8, 4) is 0 Å². The Morgan fingerprint density at radius 2 is 2.08 bits per heavy atom. The van der Waals surface area contributed by atoms with Crippen LogP contribution in [0.1, 0.15) is 10.4 Å². The molecule has 1 heterocycles. The lowest BCUT2D eigenvalue weighted by molar-refractivity contribution is -0.0295. The first-order valence-corrected chi connectivity index (χ1v) is 7.86. The lowest BCUT2D eigenvalue weighted by Crippen LogP contribution is -2.30. The van der Waals surface area contributed by atoms with Crippen LogP contribution < -0.4 is 10.8 Å². The predicted molar refractivity (Wildman–Crippen MR) is 90.4 cm³/mol. The zero-order valence-electron chi connectivity index (χ0n) is 13.0. The summed E-state index contributed by atoms with van der Waals surface area (Å²) < 4.78 is 27.8. The van der Waals surface area contributed by atoms with Crippen LogP contribution in [0.3, 0.4) is 0 Å². The van der Waals surface area contributed by atoms with Gasteiger partial charge in [0.15, 0.2) is 11.6 Å². The Morgan fingerprint density at radius 1 is 1.35 bits per heavy atom. The van der Waals surface area contributed by atoms with Crippen LogP contribution in [0.2, 0.25) is 10.0 Å². The van der Waals surface area contributed by atoms with Crippen LogP contribution in [-0.2, 0) is 4.84 Å². The molecule has 0 aliphatic carbocycles. The SMILES string of the molecule is O=C(NOCC(O)CO)c1ccc(F)c(F)c1Nc1ncc(Cl)cc1Cl. The maximum Gasteiger partial charge on any atom is 0.277 e. The quantitative estimate of drug-likeness (QED) is 0.525. The second kappa shape index (κ2) is 9.06. The van der Waals surface area contributed by atoms with Gasteiger partial charge < -0.3 is 15.5 Å². The molecule has 0 bridgehead atoms. The average molecular weight is 408 g/mol. The lowest BCUT2D eigenvalue weighted by atomic mass is 10.1. The Balaban J connectivity index is 2.27. The number of nitrogens with zero attached hydrogens (tertiary/aromatic N) is 1. The molecule has 0 spiro atoms. The van der Waals surface area contributed by atoms with Crippen LogP contribution in [0.25, 0.3) is 0 Å². The van der Waals surface area contributed by atoms with Gasteiger partial charge in [-0.2, -0.15) is 0 Å². The lowest BCUT2D eigenvalue weighted by Gasteiger charge is -2.14. The number of anilines is 2. The Labute approximate surface area is 156 Å². The molecule has 0 saturated carbocycles. The van der Waals surface area contributed by atoms with Crippen molar-refractivity contribution in [3.05, 3.63) is 51.6 Å². The van der Waals surface area contributed by atoms with Crippen molar-refractivity contribution in [1.82, 2.24) is 10.5 Å². The Bertz CT molecular complexity index is 811. The maximum absolute atomic E-state index is 14.2. The fraction of sp³-hybridized carbons (Fsp3) is 0.200. The van der Waals surface area contributed by atoms with E-state index in [2.05, 4.69) is 10.3 Å². The number of rotatable bonds is 7. The first-order valence-electron chi connectivity index (χ1n) is 7.10. The van der Waals surface area contributed by atoms with E-state index in [1.54, 1.807) is 0 Å². The van der Waals surface area contributed by atoms with Crippen LogP contribution in [-0.4, -0.2) is 40.4 Å². The van der Waals surface area contributed by atoms with E-state index in [0.717, 1.165) is 12.1 Å². The van der Waals surface area contributed by atoms with E-state index in [0.29, 0.717) is 0 Å².